The van der Waals surface area contributed by atoms with Gasteiger partial charge >= 0.3 is 0 Å². The number of pyridine rings is 1. The van der Waals surface area contributed by atoms with Crippen molar-refractivity contribution in [1.29, 1.82) is 5.41 Å². The van der Waals surface area contributed by atoms with Gasteiger partial charge in [-0.05, 0) is 37.3 Å². The molecule has 20 heavy (non-hydrogen) atoms. The molecule has 3 rings (SSSR count). The molecule has 2 N–H and O–H groups in total. The monoisotopic (exact) mass is 265 g/mol. The van der Waals surface area contributed by atoms with E-state index in [9.17, 15) is 0 Å². The van der Waals surface area contributed by atoms with Crippen molar-refractivity contribution in [2.45, 2.75) is 6.92 Å². The van der Waals surface area contributed by atoms with Gasteiger partial charge in [-0.3, -0.25) is 10.4 Å². The minimum atomic E-state index is 0.198. The first kappa shape index (κ1) is 12.4. The first-order chi connectivity index (χ1) is 9.78. The van der Waals surface area contributed by atoms with Crippen molar-refractivity contribution in [2.24, 2.45) is 0 Å². The summed E-state index contributed by atoms with van der Waals surface area (Å²) in [5.41, 5.74) is 3.63. The molecule has 0 radical (unpaired) electrons. The first-order valence-corrected chi connectivity index (χ1v) is 6.54. The minimum absolute atomic E-state index is 0.198. The van der Waals surface area contributed by atoms with Crippen LogP contribution in [0.5, 0.6) is 0 Å². The summed E-state index contributed by atoms with van der Waals surface area (Å²) < 4.78 is 5.23. The van der Waals surface area contributed by atoms with Gasteiger partial charge in [-0.25, -0.2) is 0 Å². The first-order valence-electron chi connectivity index (χ1n) is 6.54. The van der Waals surface area contributed by atoms with Crippen LogP contribution in [0.25, 0.3) is 22.3 Å². The predicted octanol–water partition coefficient (Wildman–Crippen LogP) is 3.59. The Kier molecular flexibility index (Phi) is 3.21. The molecular weight excluding hydrogens is 250 g/mol. The van der Waals surface area contributed by atoms with E-state index in [1.165, 1.54) is 0 Å². The van der Waals surface area contributed by atoms with Crippen LogP contribution < -0.4 is 0 Å². The van der Waals surface area contributed by atoms with E-state index in [1.807, 2.05) is 43.3 Å². The van der Waals surface area contributed by atoms with Crippen LogP contribution >= 0.6 is 0 Å². The van der Waals surface area contributed by atoms with Crippen LogP contribution in [0.2, 0.25) is 0 Å². The Labute approximate surface area is 116 Å². The summed E-state index contributed by atoms with van der Waals surface area (Å²) in [5, 5.41) is 8.92. The highest BCUT2D eigenvalue weighted by Crippen LogP contribution is 2.23. The van der Waals surface area contributed by atoms with E-state index >= 15 is 0 Å². The highest BCUT2D eigenvalue weighted by Gasteiger charge is 2.07. The molecule has 0 atom stereocenters. The molecule has 1 aromatic carbocycles. The molecule has 0 bridgehead atoms. The zero-order valence-electron chi connectivity index (χ0n) is 11.2. The lowest BCUT2D eigenvalue weighted by atomic mass is 10.1. The molecule has 4 heteroatoms. The summed E-state index contributed by atoms with van der Waals surface area (Å²) in [7, 11) is 0. The summed E-state index contributed by atoms with van der Waals surface area (Å²) in [4.78, 5) is 7.67. The number of nitrogens with one attached hydrogen (secondary N) is 2. The molecule has 0 spiro atoms. The number of aromatic amines is 1. The second-order valence-electron chi connectivity index (χ2n) is 4.46. The number of ether oxygens (including phenoxy) is 1. The Balaban J connectivity index is 2.02. The van der Waals surface area contributed by atoms with E-state index in [4.69, 9.17) is 10.1 Å². The van der Waals surface area contributed by atoms with Gasteiger partial charge in [0.25, 0.3) is 0 Å². The Hall–Kier alpha value is -2.62. The Morgan fingerprint density at radius 2 is 2.15 bits per heavy atom. The van der Waals surface area contributed by atoms with Gasteiger partial charge in [-0.1, -0.05) is 12.1 Å². The van der Waals surface area contributed by atoms with Crippen LogP contribution in [0.4, 0.5) is 0 Å². The number of aromatic nitrogens is 2. The van der Waals surface area contributed by atoms with E-state index in [1.54, 1.807) is 6.20 Å². The molecule has 0 aliphatic carbocycles. The number of fused-ring (bicyclic) bond motifs is 1. The molecule has 100 valence electrons. The number of hydrogen-bond donors (Lipinski definition) is 2. The largest absolute Gasteiger partial charge is 0.478 e. The van der Waals surface area contributed by atoms with E-state index in [-0.39, 0.29) is 5.90 Å². The third kappa shape index (κ3) is 2.28. The molecule has 0 saturated heterocycles. The van der Waals surface area contributed by atoms with Crippen LogP contribution in [0.3, 0.4) is 0 Å². The lowest BCUT2D eigenvalue weighted by molar-refractivity contribution is 0.325. The maximum absolute atomic E-state index is 7.83. The van der Waals surface area contributed by atoms with Crippen molar-refractivity contribution in [2.75, 3.05) is 6.61 Å². The zero-order valence-corrected chi connectivity index (χ0v) is 11.2. The summed E-state index contributed by atoms with van der Waals surface area (Å²) in [6, 6.07) is 13.7. The summed E-state index contributed by atoms with van der Waals surface area (Å²) in [5.74, 6) is 0.198. The van der Waals surface area contributed by atoms with Gasteiger partial charge in [0.15, 0.2) is 0 Å². The number of benzene rings is 1. The second kappa shape index (κ2) is 5.17. The van der Waals surface area contributed by atoms with E-state index in [2.05, 4.69) is 16.0 Å². The van der Waals surface area contributed by atoms with Crippen molar-refractivity contribution in [3.63, 3.8) is 0 Å². The van der Waals surface area contributed by atoms with Crippen LogP contribution in [0.1, 0.15) is 12.5 Å². The number of nitrogens with zero attached hydrogens (tertiary/aromatic N) is 1. The highest BCUT2D eigenvalue weighted by atomic mass is 16.5. The van der Waals surface area contributed by atoms with Crippen molar-refractivity contribution < 1.29 is 4.74 Å². The minimum Gasteiger partial charge on any atom is -0.478 e. The molecule has 2 heterocycles. The summed E-state index contributed by atoms with van der Waals surface area (Å²) in [6.07, 6.45) is 1.77. The third-order valence-corrected chi connectivity index (χ3v) is 3.11. The summed E-state index contributed by atoms with van der Waals surface area (Å²) >= 11 is 0. The van der Waals surface area contributed by atoms with Gasteiger partial charge in [0.1, 0.15) is 0 Å². The zero-order chi connectivity index (χ0) is 13.9. The van der Waals surface area contributed by atoms with Gasteiger partial charge in [-0.15, -0.1) is 0 Å². The lowest BCUT2D eigenvalue weighted by Gasteiger charge is -2.04. The van der Waals surface area contributed by atoms with Crippen LogP contribution in [-0.2, 0) is 4.74 Å². The molecule has 4 nitrogen and oxygen atoms in total. The molecule has 0 saturated carbocycles. The van der Waals surface area contributed by atoms with Gasteiger partial charge in [0.05, 0.1) is 18.0 Å². The Bertz CT molecular complexity index is 747. The number of rotatable bonds is 3. The molecule has 0 aliphatic rings. The maximum Gasteiger partial charge on any atom is 0.213 e. The van der Waals surface area contributed by atoms with Crippen molar-refractivity contribution >= 4 is 16.8 Å². The SMILES string of the molecule is CCOC(=N)c1ccc2cc(-c3ccccn3)[nH]c2c1. The number of H-pyrrole nitrogens is 1. The van der Waals surface area contributed by atoms with Gasteiger partial charge in [0.2, 0.25) is 5.90 Å². The maximum atomic E-state index is 7.83. The fourth-order valence-electron chi connectivity index (χ4n) is 2.16. The molecule has 0 unspecified atom stereocenters. The van der Waals surface area contributed by atoms with Crippen molar-refractivity contribution in [3.05, 3.63) is 54.2 Å². The van der Waals surface area contributed by atoms with Crippen molar-refractivity contribution in [3.8, 4) is 11.4 Å². The lowest BCUT2D eigenvalue weighted by Crippen LogP contribution is -2.04. The average Bonchev–Trinajstić information content (AvgIpc) is 2.91. The van der Waals surface area contributed by atoms with Crippen LogP contribution in [0.15, 0.2) is 48.7 Å². The molecule has 2 aromatic heterocycles. The normalized spacial score (nSPS) is 10.7. The molecule has 0 aliphatic heterocycles. The highest BCUT2D eigenvalue weighted by molar-refractivity contribution is 5.97. The molecular formula is C16H15N3O. The van der Waals surface area contributed by atoms with Gasteiger partial charge < -0.3 is 9.72 Å². The molecule has 0 fully saturated rings. The third-order valence-electron chi connectivity index (χ3n) is 3.11. The Morgan fingerprint density at radius 1 is 1.25 bits per heavy atom. The van der Waals surface area contributed by atoms with E-state index in [0.717, 1.165) is 27.9 Å². The van der Waals surface area contributed by atoms with Crippen molar-refractivity contribution in [1.82, 2.24) is 9.97 Å². The Morgan fingerprint density at radius 3 is 2.90 bits per heavy atom. The number of hydrogen-bond acceptors (Lipinski definition) is 3. The quantitative estimate of drug-likeness (QED) is 0.561. The smallest absolute Gasteiger partial charge is 0.213 e. The van der Waals surface area contributed by atoms with Gasteiger partial charge in [-0.2, -0.15) is 0 Å². The van der Waals surface area contributed by atoms with E-state index in [0.29, 0.717) is 6.61 Å². The van der Waals surface area contributed by atoms with Gasteiger partial charge in [0, 0.05) is 22.7 Å². The molecule has 3 aromatic rings. The standard InChI is InChI=1S/C16H15N3O/c1-2-20-16(17)12-7-6-11-9-15(19-14(11)10-12)13-5-3-4-8-18-13/h3-10,17,19H,2H2,1H3. The molecule has 0 amide bonds. The predicted molar refractivity (Wildman–Crippen MR) is 80.0 cm³/mol. The van der Waals surface area contributed by atoms with Crippen LogP contribution in [0, 0.1) is 5.41 Å². The fraction of sp³-hybridized carbons (Fsp3) is 0.125. The van der Waals surface area contributed by atoms with E-state index < -0.39 is 0 Å². The summed E-state index contributed by atoms with van der Waals surface area (Å²) in [6.45, 7) is 2.38. The van der Waals surface area contributed by atoms with Crippen LogP contribution in [-0.4, -0.2) is 22.5 Å². The fourth-order valence-corrected chi connectivity index (χ4v) is 2.16. The second-order valence-corrected chi connectivity index (χ2v) is 4.46. The average molecular weight is 265 g/mol. The topological polar surface area (TPSA) is 61.8 Å².